The summed E-state index contributed by atoms with van der Waals surface area (Å²) in [6.07, 6.45) is 1.04. The molecule has 8 heteroatoms. The van der Waals surface area contributed by atoms with E-state index in [2.05, 4.69) is 43.2 Å². The van der Waals surface area contributed by atoms with Crippen LogP contribution in [-0.4, -0.2) is 55.5 Å². The maximum absolute atomic E-state index is 11.7. The number of hydrogen-bond donors (Lipinski definition) is 3. The van der Waals surface area contributed by atoms with Crippen LogP contribution in [0.3, 0.4) is 0 Å². The van der Waals surface area contributed by atoms with Crippen LogP contribution in [0.15, 0.2) is 0 Å². The van der Waals surface area contributed by atoms with Gasteiger partial charge in [-0.1, -0.05) is 27.7 Å². The monoisotopic (exact) mass is 358 g/mol. The SMILES string of the molecule is CCN(CC)C(CNC(=O)CNC(=O)CN)CC(C)C.Cl.Cl. The maximum atomic E-state index is 11.7. The standard InChI is InChI=1S/C14H30N4O2.2ClH/c1-5-18(6-2)12(7-11(3)4)9-16-14(20)10-17-13(19)8-15;;/h11-12H,5-10,15H2,1-4H3,(H,16,20)(H,17,19);2*1H. The van der Waals surface area contributed by atoms with E-state index in [-0.39, 0.29) is 49.7 Å². The second kappa shape index (κ2) is 15.3. The minimum absolute atomic E-state index is 0. The second-order valence-corrected chi connectivity index (χ2v) is 5.29. The normalized spacial score (nSPS) is 11.4. The molecule has 0 rings (SSSR count). The lowest BCUT2D eigenvalue weighted by molar-refractivity contribution is -0.125. The first kappa shape index (κ1) is 26.3. The van der Waals surface area contributed by atoms with Crippen molar-refractivity contribution in [2.45, 2.75) is 40.2 Å². The minimum Gasteiger partial charge on any atom is -0.353 e. The third-order valence-corrected chi connectivity index (χ3v) is 3.24. The van der Waals surface area contributed by atoms with Gasteiger partial charge in [0.25, 0.3) is 0 Å². The largest absolute Gasteiger partial charge is 0.353 e. The van der Waals surface area contributed by atoms with Gasteiger partial charge < -0.3 is 16.4 Å². The van der Waals surface area contributed by atoms with Crippen LogP contribution in [0, 0.1) is 5.92 Å². The fourth-order valence-electron chi connectivity index (χ4n) is 2.19. The number of nitrogens with one attached hydrogen (secondary N) is 2. The van der Waals surface area contributed by atoms with E-state index in [0.717, 1.165) is 19.5 Å². The number of rotatable bonds is 10. The summed E-state index contributed by atoms with van der Waals surface area (Å²) in [5.41, 5.74) is 5.16. The van der Waals surface area contributed by atoms with Crippen molar-refractivity contribution < 1.29 is 9.59 Å². The van der Waals surface area contributed by atoms with Gasteiger partial charge in [0, 0.05) is 12.6 Å². The molecule has 2 amide bonds. The summed E-state index contributed by atoms with van der Waals surface area (Å²) in [6, 6.07) is 0.333. The summed E-state index contributed by atoms with van der Waals surface area (Å²) < 4.78 is 0. The first-order valence-corrected chi connectivity index (χ1v) is 7.42. The smallest absolute Gasteiger partial charge is 0.239 e. The van der Waals surface area contributed by atoms with Crippen LogP contribution < -0.4 is 16.4 Å². The number of amides is 2. The zero-order valence-corrected chi connectivity index (χ0v) is 15.7. The van der Waals surface area contributed by atoms with E-state index in [1.54, 1.807) is 0 Å². The Kier molecular flexibility index (Phi) is 18.4. The van der Waals surface area contributed by atoms with Gasteiger partial charge >= 0.3 is 0 Å². The third-order valence-electron chi connectivity index (χ3n) is 3.24. The average molecular weight is 359 g/mol. The number of likely N-dealkylation sites (N-methyl/N-ethyl adjacent to an activating group) is 1. The molecule has 0 aliphatic carbocycles. The molecule has 0 aromatic heterocycles. The summed E-state index contributed by atoms with van der Waals surface area (Å²) >= 11 is 0. The first-order chi connectivity index (χ1) is 9.44. The summed E-state index contributed by atoms with van der Waals surface area (Å²) in [5.74, 6) is 0.0878. The van der Waals surface area contributed by atoms with Crippen molar-refractivity contribution in [3.63, 3.8) is 0 Å². The van der Waals surface area contributed by atoms with Gasteiger partial charge in [0.15, 0.2) is 0 Å². The number of nitrogens with two attached hydrogens (primary N) is 1. The van der Waals surface area contributed by atoms with Crippen molar-refractivity contribution in [3.8, 4) is 0 Å². The lowest BCUT2D eigenvalue weighted by Gasteiger charge is -2.31. The average Bonchev–Trinajstić information content (AvgIpc) is 2.42. The Morgan fingerprint density at radius 1 is 1.05 bits per heavy atom. The molecule has 6 nitrogen and oxygen atoms in total. The Hall–Kier alpha value is -0.560. The third kappa shape index (κ3) is 12.0. The highest BCUT2D eigenvalue weighted by atomic mass is 35.5. The van der Waals surface area contributed by atoms with Gasteiger partial charge in [-0.3, -0.25) is 14.5 Å². The number of carbonyl (C=O) groups excluding carboxylic acids is 2. The lowest BCUT2D eigenvalue weighted by atomic mass is 10.0. The lowest BCUT2D eigenvalue weighted by Crippen LogP contribution is -2.47. The van der Waals surface area contributed by atoms with Crippen molar-refractivity contribution >= 4 is 36.6 Å². The van der Waals surface area contributed by atoms with Crippen LogP contribution in [0.5, 0.6) is 0 Å². The van der Waals surface area contributed by atoms with Crippen LogP contribution in [0.25, 0.3) is 0 Å². The highest BCUT2D eigenvalue weighted by molar-refractivity contribution is 5.86. The molecular formula is C14H32Cl2N4O2. The molecule has 0 aromatic carbocycles. The molecule has 134 valence electrons. The summed E-state index contributed by atoms with van der Waals surface area (Å²) in [7, 11) is 0. The Morgan fingerprint density at radius 3 is 2.00 bits per heavy atom. The van der Waals surface area contributed by atoms with Crippen molar-refractivity contribution in [3.05, 3.63) is 0 Å². The molecule has 0 bridgehead atoms. The van der Waals surface area contributed by atoms with Crippen molar-refractivity contribution in [1.82, 2.24) is 15.5 Å². The fourth-order valence-corrected chi connectivity index (χ4v) is 2.19. The number of nitrogens with zero attached hydrogens (tertiary/aromatic N) is 1. The topological polar surface area (TPSA) is 87.5 Å². The molecule has 0 heterocycles. The molecule has 0 saturated heterocycles. The molecule has 0 aromatic rings. The van der Waals surface area contributed by atoms with Gasteiger partial charge in [0.2, 0.25) is 11.8 Å². The molecule has 0 aliphatic rings. The minimum atomic E-state index is -0.317. The predicted octanol–water partition coefficient (Wildman–Crippen LogP) is 0.778. The van der Waals surface area contributed by atoms with Crippen molar-refractivity contribution in [2.75, 3.05) is 32.7 Å². The van der Waals surface area contributed by atoms with Gasteiger partial charge in [-0.25, -0.2) is 0 Å². The van der Waals surface area contributed by atoms with Crippen molar-refractivity contribution in [1.29, 1.82) is 0 Å². The van der Waals surface area contributed by atoms with Crippen LogP contribution in [-0.2, 0) is 9.59 Å². The zero-order chi connectivity index (χ0) is 15.5. The van der Waals surface area contributed by atoms with Gasteiger partial charge in [0.05, 0.1) is 13.1 Å². The molecule has 22 heavy (non-hydrogen) atoms. The van der Waals surface area contributed by atoms with E-state index >= 15 is 0 Å². The summed E-state index contributed by atoms with van der Waals surface area (Å²) in [5, 5.41) is 5.34. The van der Waals surface area contributed by atoms with Crippen LogP contribution >= 0.6 is 24.8 Å². The quantitative estimate of drug-likeness (QED) is 0.538. The van der Waals surface area contributed by atoms with Crippen LogP contribution in [0.2, 0.25) is 0 Å². The molecular weight excluding hydrogens is 327 g/mol. The first-order valence-electron chi connectivity index (χ1n) is 7.42. The van der Waals surface area contributed by atoms with Gasteiger partial charge in [0.1, 0.15) is 0 Å². The Morgan fingerprint density at radius 2 is 1.59 bits per heavy atom. The predicted molar refractivity (Wildman–Crippen MR) is 95.7 cm³/mol. The molecule has 1 unspecified atom stereocenters. The fraction of sp³-hybridized carbons (Fsp3) is 0.857. The van der Waals surface area contributed by atoms with E-state index in [1.165, 1.54) is 0 Å². The molecule has 0 saturated carbocycles. The van der Waals surface area contributed by atoms with E-state index < -0.39 is 0 Å². The summed E-state index contributed by atoms with van der Waals surface area (Å²) in [6.45, 7) is 11.0. The molecule has 1 atom stereocenters. The maximum Gasteiger partial charge on any atom is 0.239 e. The molecule has 0 aliphatic heterocycles. The Labute approximate surface area is 146 Å². The van der Waals surface area contributed by atoms with E-state index in [4.69, 9.17) is 5.73 Å². The van der Waals surface area contributed by atoms with Crippen LogP contribution in [0.4, 0.5) is 0 Å². The molecule has 0 radical (unpaired) electrons. The zero-order valence-electron chi connectivity index (χ0n) is 14.1. The van der Waals surface area contributed by atoms with Crippen molar-refractivity contribution in [2.24, 2.45) is 11.7 Å². The van der Waals surface area contributed by atoms with Crippen LogP contribution in [0.1, 0.15) is 34.1 Å². The van der Waals surface area contributed by atoms with Gasteiger partial charge in [-0.05, 0) is 25.4 Å². The molecule has 4 N–H and O–H groups in total. The second-order valence-electron chi connectivity index (χ2n) is 5.29. The number of carbonyl (C=O) groups is 2. The van der Waals surface area contributed by atoms with Gasteiger partial charge in [-0.15, -0.1) is 24.8 Å². The van der Waals surface area contributed by atoms with E-state index in [0.29, 0.717) is 18.5 Å². The number of halogens is 2. The summed E-state index contributed by atoms with van der Waals surface area (Å²) in [4.78, 5) is 25.0. The Bertz CT molecular complexity index is 301. The molecule has 0 spiro atoms. The van der Waals surface area contributed by atoms with E-state index in [1.807, 2.05) is 0 Å². The highest BCUT2D eigenvalue weighted by Gasteiger charge is 2.18. The Balaban J connectivity index is -0.00000180. The highest BCUT2D eigenvalue weighted by Crippen LogP contribution is 2.10. The molecule has 0 fully saturated rings. The number of hydrogen-bond acceptors (Lipinski definition) is 4. The van der Waals surface area contributed by atoms with Gasteiger partial charge in [-0.2, -0.15) is 0 Å². The van der Waals surface area contributed by atoms with E-state index in [9.17, 15) is 9.59 Å².